The number of para-hydroxylation sites is 1. The van der Waals surface area contributed by atoms with Gasteiger partial charge in [0.1, 0.15) is 49.5 Å². The SMILES string of the molecule is CCCCCCCCCCCC(=O)NCCOCCOC(=O)NCCOCCOC(=O)CN[C@@H](CCCC)C(=O)N[C@H]1CCC(=O)NCCCC[C@@H](C(N)=O)NC(=O)[C@H](Cc2c[nH]c3ccccc23)NC(=O)[C@H](CCCN=C(N)N)NC(=O)[C@@H](Cc2ccccc2)NC(=O)[C@@H]2[C@@H](O)CCN2C1=O. The third-order valence-corrected chi connectivity index (χ3v) is 17.5. The lowest BCUT2D eigenvalue weighted by atomic mass is 10.0. The lowest BCUT2D eigenvalue weighted by Gasteiger charge is -2.32. The monoisotopic (exact) mass is 1430 g/mol. The van der Waals surface area contributed by atoms with E-state index in [0.29, 0.717) is 43.4 Å². The number of guanidine groups is 1. The average Bonchev–Trinajstić information content (AvgIpc) is 1.64. The second-order valence-corrected chi connectivity index (χ2v) is 25.6. The van der Waals surface area contributed by atoms with Gasteiger partial charge in [-0.15, -0.1) is 0 Å². The van der Waals surface area contributed by atoms with Crippen molar-refractivity contribution < 1.29 is 76.8 Å². The molecule has 1 aromatic heterocycles. The van der Waals surface area contributed by atoms with Gasteiger partial charge in [0.15, 0.2) is 5.96 Å². The van der Waals surface area contributed by atoms with Crippen LogP contribution in [0.2, 0.25) is 0 Å². The van der Waals surface area contributed by atoms with Crippen molar-refractivity contribution in [3.8, 4) is 0 Å². The molecule has 0 aliphatic carbocycles. The van der Waals surface area contributed by atoms with Crippen LogP contribution in [0.5, 0.6) is 0 Å². The number of aliphatic imine (C=N–C) groups is 1. The molecule has 2 saturated heterocycles. The van der Waals surface area contributed by atoms with E-state index in [2.05, 4.69) is 64.8 Å². The number of aliphatic hydroxyl groups excluding tert-OH is 1. The molecule has 31 heteroatoms. The molecule has 17 N–H and O–H groups in total. The van der Waals surface area contributed by atoms with Gasteiger partial charge in [-0.1, -0.05) is 127 Å². The van der Waals surface area contributed by atoms with Crippen molar-refractivity contribution in [3.05, 3.63) is 71.9 Å². The third kappa shape index (κ3) is 31.9. The van der Waals surface area contributed by atoms with E-state index in [1.54, 1.807) is 36.5 Å². The highest BCUT2D eigenvalue weighted by atomic mass is 16.6. The molecule has 0 saturated carbocycles. The zero-order chi connectivity index (χ0) is 73.9. The normalized spacial score (nSPS) is 20.1. The number of alkyl carbamates (subject to hydrolysis) is 1. The molecule has 3 heterocycles. The summed E-state index contributed by atoms with van der Waals surface area (Å²) in [6, 6.07) is 6.31. The van der Waals surface area contributed by atoms with E-state index in [-0.39, 0.29) is 142 Å². The molecule has 2 aliphatic rings. The number of aliphatic hydroxyl groups is 1. The number of nitrogens with one attached hydrogen (secondary N) is 10. The Kier molecular flexibility index (Phi) is 39.4. The van der Waals surface area contributed by atoms with Gasteiger partial charge < -0.3 is 93.7 Å². The molecule has 5 rings (SSSR count). The second-order valence-electron chi connectivity index (χ2n) is 25.6. The van der Waals surface area contributed by atoms with Crippen LogP contribution in [0.1, 0.15) is 160 Å². The summed E-state index contributed by atoms with van der Waals surface area (Å²) >= 11 is 0. The summed E-state index contributed by atoms with van der Waals surface area (Å²) in [7, 11) is 0. The van der Waals surface area contributed by atoms with Crippen LogP contribution in [0.4, 0.5) is 4.79 Å². The number of nitrogens with zero attached hydrogens (tertiary/aromatic N) is 2. The van der Waals surface area contributed by atoms with Crippen molar-refractivity contribution in [2.45, 2.75) is 210 Å². The molecular weight excluding hydrogens is 1320 g/mol. The van der Waals surface area contributed by atoms with Crippen molar-refractivity contribution in [1.29, 1.82) is 0 Å². The summed E-state index contributed by atoms with van der Waals surface area (Å²) in [6.45, 7) is 4.35. The third-order valence-electron chi connectivity index (χ3n) is 17.5. The van der Waals surface area contributed by atoms with Gasteiger partial charge in [0, 0.05) is 75.5 Å². The van der Waals surface area contributed by atoms with Crippen LogP contribution < -0.4 is 65.1 Å². The number of nitrogens with two attached hydrogens (primary N) is 3. The Morgan fingerprint density at radius 1 is 0.667 bits per heavy atom. The maximum atomic E-state index is 15.0. The molecule has 566 valence electrons. The molecule has 2 fully saturated rings. The number of primary amides is 1. The zero-order valence-corrected chi connectivity index (χ0v) is 59.3. The van der Waals surface area contributed by atoms with E-state index in [0.717, 1.165) is 35.1 Å². The number of benzene rings is 2. The van der Waals surface area contributed by atoms with Gasteiger partial charge in [0.2, 0.25) is 53.2 Å². The molecular formula is C71H111N15O16. The Morgan fingerprint density at radius 2 is 1.30 bits per heavy atom. The van der Waals surface area contributed by atoms with E-state index >= 15 is 0 Å². The number of ether oxygens (including phenoxy) is 4. The van der Waals surface area contributed by atoms with Gasteiger partial charge in [-0.2, -0.15) is 0 Å². The fraction of sp³-hybridized carbons (Fsp3) is 0.634. The van der Waals surface area contributed by atoms with Crippen LogP contribution in [0.25, 0.3) is 10.9 Å². The number of fused-ring (bicyclic) bond motifs is 2. The molecule has 31 nitrogen and oxygen atoms in total. The molecule has 102 heavy (non-hydrogen) atoms. The van der Waals surface area contributed by atoms with Gasteiger partial charge in [-0.05, 0) is 75.0 Å². The van der Waals surface area contributed by atoms with E-state index in [1.807, 2.05) is 31.2 Å². The van der Waals surface area contributed by atoms with Crippen LogP contribution in [-0.4, -0.2) is 213 Å². The van der Waals surface area contributed by atoms with Gasteiger partial charge in [0.25, 0.3) is 0 Å². The van der Waals surface area contributed by atoms with E-state index in [1.165, 1.54) is 38.5 Å². The molecule has 0 bridgehead atoms. The molecule has 0 radical (unpaired) electrons. The summed E-state index contributed by atoms with van der Waals surface area (Å²) in [5, 5.41) is 37.1. The largest absolute Gasteiger partial charge is 0.462 e. The summed E-state index contributed by atoms with van der Waals surface area (Å²) < 4.78 is 21.4. The van der Waals surface area contributed by atoms with Crippen LogP contribution in [0.15, 0.2) is 65.8 Å². The quantitative estimate of drug-likeness (QED) is 0.0166. The smallest absolute Gasteiger partial charge is 0.407 e. The van der Waals surface area contributed by atoms with Gasteiger partial charge in [-0.25, -0.2) is 4.79 Å². The average molecular weight is 1430 g/mol. The summed E-state index contributed by atoms with van der Waals surface area (Å²) in [5.41, 5.74) is 19.1. The van der Waals surface area contributed by atoms with Crippen molar-refractivity contribution >= 4 is 82.1 Å². The number of aromatic amines is 1. The zero-order valence-electron chi connectivity index (χ0n) is 59.3. The number of hydrogen-bond acceptors (Lipinski definition) is 18. The molecule has 2 aromatic carbocycles. The molecule has 10 amide bonds. The van der Waals surface area contributed by atoms with E-state index in [9.17, 15) is 57.8 Å². The minimum Gasteiger partial charge on any atom is -0.462 e. The van der Waals surface area contributed by atoms with E-state index in [4.69, 9.17) is 36.1 Å². The second kappa shape index (κ2) is 48.0. The fourth-order valence-electron chi connectivity index (χ4n) is 11.9. The van der Waals surface area contributed by atoms with Crippen molar-refractivity contribution in [1.82, 2.24) is 57.7 Å². The number of rotatable bonds is 39. The predicted molar refractivity (Wildman–Crippen MR) is 381 cm³/mol. The van der Waals surface area contributed by atoms with Crippen molar-refractivity contribution in [2.75, 3.05) is 78.9 Å². The van der Waals surface area contributed by atoms with Crippen molar-refractivity contribution in [2.24, 2.45) is 22.2 Å². The highest BCUT2D eigenvalue weighted by Crippen LogP contribution is 2.23. The van der Waals surface area contributed by atoms with Crippen LogP contribution in [0.3, 0.4) is 0 Å². The molecule has 2 aliphatic heterocycles. The Balaban J connectivity index is 1.21. The Labute approximate surface area is 597 Å². The predicted octanol–water partition coefficient (Wildman–Crippen LogP) is 1.45. The topological polar surface area (TPSA) is 463 Å². The first-order valence-electron chi connectivity index (χ1n) is 36.2. The number of amides is 10. The van der Waals surface area contributed by atoms with Crippen molar-refractivity contribution in [3.63, 3.8) is 0 Å². The minimum atomic E-state index is -1.62. The maximum Gasteiger partial charge on any atom is 0.407 e. The highest BCUT2D eigenvalue weighted by molar-refractivity contribution is 5.98. The molecule has 0 spiro atoms. The first-order chi connectivity index (χ1) is 49.3. The number of carbonyl (C=O) groups excluding carboxylic acids is 11. The lowest BCUT2D eigenvalue weighted by Crippen LogP contribution is -2.61. The molecule has 0 unspecified atom stereocenters. The summed E-state index contributed by atoms with van der Waals surface area (Å²) in [5.74, 6) is -7.29. The van der Waals surface area contributed by atoms with E-state index < -0.39 is 114 Å². The summed E-state index contributed by atoms with van der Waals surface area (Å²) in [6.07, 6.45) is 11.7. The number of aromatic nitrogens is 1. The minimum absolute atomic E-state index is 0.00367. The van der Waals surface area contributed by atoms with Gasteiger partial charge >= 0.3 is 12.1 Å². The number of esters is 1. The maximum absolute atomic E-state index is 15.0. The first kappa shape index (κ1) is 83.7. The van der Waals surface area contributed by atoms with Gasteiger partial charge in [0.05, 0.1) is 45.1 Å². The Bertz CT molecular complexity index is 3130. The number of carbonyl (C=O) groups is 11. The Morgan fingerprint density at radius 3 is 2.02 bits per heavy atom. The fourth-order valence-corrected chi connectivity index (χ4v) is 11.9. The standard InChI is InChI=1S/C71H111N15O16/c1-3-5-7-8-9-10-11-12-16-29-59(88)76-35-38-99-41-43-102-71(98)78-36-39-100-40-42-101-61(90)47-80-53(25-6-4-2)64(92)83-55-30-31-60(89)75-33-20-19-27-52(63(72)91)81-67(95)57(45-49-46-79-51-26-18-17-24-50(49)51)84-65(93)54(28-21-34-77-70(73)74)82-66(94)56(44-48-22-14-13-15-23-48)85-68(96)62-58(87)32-37-86(62)69(55)97/h13-15,17-18,22-24,26,46,52-58,62,79-80,87H,3-12,16,19-21,25,27-45,47H2,1-2H3,(H2,72,91)(H,75,89)(H,76,88)(H,78,98)(H,81,95)(H,82,94)(H,83,92)(H,84,93)(H,85,96)(H4,73,74,77)/t52-,53-,54-,55-,56+,57-,58-,62-/m0/s1. The summed E-state index contributed by atoms with van der Waals surface area (Å²) in [4.78, 5) is 160. The van der Waals surface area contributed by atoms with Crippen LogP contribution >= 0.6 is 0 Å². The number of H-pyrrole nitrogens is 1. The molecule has 3 aromatic rings. The Hall–Kier alpha value is -8.94. The van der Waals surface area contributed by atoms with Crippen LogP contribution in [-0.2, 0) is 79.7 Å². The first-order valence-corrected chi connectivity index (χ1v) is 36.2. The van der Waals surface area contributed by atoms with Gasteiger partial charge in [-0.3, -0.25) is 58.3 Å². The lowest BCUT2D eigenvalue weighted by molar-refractivity contribution is -0.145. The highest BCUT2D eigenvalue weighted by Gasteiger charge is 2.45. The number of hydrogen-bond donors (Lipinski definition) is 14. The number of unbranched alkanes of at least 4 members (excludes halogenated alkanes) is 9. The van der Waals surface area contributed by atoms with Crippen LogP contribution in [0, 0.1) is 0 Å². The molecule has 8 atom stereocenters.